The molecule has 1 aliphatic carbocycles. The van der Waals surface area contributed by atoms with Crippen LogP contribution in [-0.4, -0.2) is 32.2 Å². The maximum Gasteiger partial charge on any atom is 0.305 e. The van der Waals surface area contributed by atoms with Crippen LogP contribution in [-0.2, 0) is 28.3 Å². The van der Waals surface area contributed by atoms with Crippen molar-refractivity contribution in [2.24, 2.45) is 10.9 Å². The molecule has 0 aromatic heterocycles. The number of alkyl halides is 2. The molecule has 0 saturated carbocycles. The number of carbonyl (C=O) groups excluding carboxylic acids is 1. The fraction of sp³-hybridized carbons (Fsp3) is 0.407. The van der Waals surface area contributed by atoms with Gasteiger partial charge in [0.05, 0.1) is 14.2 Å². The van der Waals surface area contributed by atoms with Crippen LogP contribution in [0.3, 0.4) is 0 Å². The fourth-order valence-corrected chi connectivity index (χ4v) is 5.23. The lowest BCUT2D eigenvalue weighted by Crippen LogP contribution is -2.18. The molecule has 0 bridgehead atoms. The first-order valence-electron chi connectivity index (χ1n) is 11.4. The molecule has 35 heavy (non-hydrogen) atoms. The maximum atomic E-state index is 13.4. The molecule has 4 nitrogen and oxygen atoms in total. The first-order chi connectivity index (χ1) is 16.6. The van der Waals surface area contributed by atoms with E-state index in [-0.39, 0.29) is 11.5 Å². The van der Waals surface area contributed by atoms with Crippen molar-refractivity contribution in [3.05, 3.63) is 69.3 Å². The zero-order chi connectivity index (χ0) is 25.6. The van der Waals surface area contributed by atoms with Gasteiger partial charge < -0.3 is 9.47 Å². The van der Waals surface area contributed by atoms with E-state index in [1.54, 1.807) is 37.2 Å². The number of thioether (sulfide) groups is 1. The summed E-state index contributed by atoms with van der Waals surface area (Å²) in [6.07, 6.45) is 4.81. The second-order valence-electron chi connectivity index (χ2n) is 8.75. The Bertz CT molecular complexity index is 1110. The molecule has 0 saturated heterocycles. The Kier molecular flexibility index (Phi) is 9.41. The number of rotatable bonds is 9. The lowest BCUT2D eigenvalue weighted by atomic mass is 9.82. The number of nitrogens with zero attached hydrogens (tertiary/aromatic N) is 1. The molecule has 0 fully saturated rings. The third-order valence-electron chi connectivity index (χ3n) is 6.11. The van der Waals surface area contributed by atoms with Gasteiger partial charge in [-0.3, -0.25) is 9.79 Å². The van der Waals surface area contributed by atoms with Gasteiger partial charge >= 0.3 is 5.97 Å². The number of thiol groups is 1. The first-order valence-corrected chi connectivity index (χ1v) is 12.8. The van der Waals surface area contributed by atoms with E-state index in [0.29, 0.717) is 18.1 Å². The highest BCUT2D eigenvalue weighted by Gasteiger charge is 2.24. The van der Waals surface area contributed by atoms with Crippen molar-refractivity contribution in [2.45, 2.75) is 50.3 Å². The lowest BCUT2D eigenvalue weighted by Gasteiger charge is -2.25. The van der Waals surface area contributed by atoms with Gasteiger partial charge in [-0.2, -0.15) is 0 Å². The SMILES string of the molecule is COC(=O)CC1CCc2cc(SC/C(S)=C(\C)N=Cc3ccc(C(C)(F)F)cc3)c(OC)cc2C1. The van der Waals surface area contributed by atoms with E-state index < -0.39 is 5.92 Å². The number of aliphatic imine (C=N–C) groups is 1. The van der Waals surface area contributed by atoms with Gasteiger partial charge in [0.15, 0.2) is 0 Å². The number of hydrogen-bond donors (Lipinski definition) is 1. The zero-order valence-electron chi connectivity index (χ0n) is 20.4. The molecule has 0 aliphatic heterocycles. The van der Waals surface area contributed by atoms with Gasteiger partial charge in [0.25, 0.3) is 5.92 Å². The van der Waals surface area contributed by atoms with E-state index in [1.165, 1.54) is 30.4 Å². The molecular weight excluding hydrogens is 488 g/mol. The summed E-state index contributed by atoms with van der Waals surface area (Å²) in [6.45, 7) is 2.76. The minimum atomic E-state index is -2.86. The van der Waals surface area contributed by atoms with E-state index in [0.717, 1.165) is 53.0 Å². The first kappa shape index (κ1) is 27.3. The van der Waals surface area contributed by atoms with Crippen LogP contribution in [0.25, 0.3) is 0 Å². The highest BCUT2D eigenvalue weighted by Crippen LogP contribution is 2.38. The molecule has 0 radical (unpaired) electrons. The molecule has 1 unspecified atom stereocenters. The number of allylic oxidation sites excluding steroid dienone is 1. The summed E-state index contributed by atoms with van der Waals surface area (Å²) in [5.74, 6) is -1.30. The van der Waals surface area contributed by atoms with Crippen molar-refractivity contribution >= 4 is 36.6 Å². The van der Waals surface area contributed by atoms with Crippen LogP contribution >= 0.6 is 24.4 Å². The van der Waals surface area contributed by atoms with Crippen LogP contribution in [0.4, 0.5) is 8.78 Å². The van der Waals surface area contributed by atoms with Crippen LogP contribution in [0.2, 0.25) is 0 Å². The van der Waals surface area contributed by atoms with Crippen LogP contribution in [0.15, 0.2) is 56.9 Å². The van der Waals surface area contributed by atoms with E-state index >= 15 is 0 Å². The molecule has 0 N–H and O–H groups in total. The summed E-state index contributed by atoms with van der Waals surface area (Å²) in [5.41, 5.74) is 3.99. The number of carbonyl (C=O) groups is 1. The number of halogens is 2. The Hall–Kier alpha value is -2.32. The average Bonchev–Trinajstić information content (AvgIpc) is 2.84. The lowest BCUT2D eigenvalue weighted by molar-refractivity contribution is -0.141. The summed E-state index contributed by atoms with van der Waals surface area (Å²) >= 11 is 6.26. The summed E-state index contributed by atoms with van der Waals surface area (Å²) in [6, 6.07) is 10.3. The van der Waals surface area contributed by atoms with Gasteiger partial charge in [0, 0.05) is 46.4 Å². The third-order valence-corrected chi connectivity index (χ3v) is 7.86. The highest BCUT2D eigenvalue weighted by atomic mass is 32.2. The van der Waals surface area contributed by atoms with Gasteiger partial charge in [-0.25, -0.2) is 8.78 Å². The minimum absolute atomic E-state index is 0.0221. The summed E-state index contributed by atoms with van der Waals surface area (Å²) in [4.78, 5) is 18.0. The molecule has 3 rings (SSSR count). The van der Waals surface area contributed by atoms with Gasteiger partial charge in [-0.05, 0) is 60.9 Å². The quantitative estimate of drug-likeness (QED) is 0.170. The van der Waals surface area contributed by atoms with Crippen molar-refractivity contribution in [2.75, 3.05) is 20.0 Å². The molecule has 8 heteroatoms. The number of aryl methyl sites for hydroxylation is 1. The summed E-state index contributed by atoms with van der Waals surface area (Å²) in [7, 11) is 3.09. The Morgan fingerprint density at radius 2 is 1.94 bits per heavy atom. The van der Waals surface area contributed by atoms with E-state index in [9.17, 15) is 13.6 Å². The Labute approximate surface area is 215 Å². The number of benzene rings is 2. The van der Waals surface area contributed by atoms with Crippen molar-refractivity contribution in [3.8, 4) is 5.75 Å². The Balaban J connectivity index is 1.66. The molecule has 2 aromatic rings. The predicted molar refractivity (Wildman–Crippen MR) is 141 cm³/mol. The largest absolute Gasteiger partial charge is 0.496 e. The monoisotopic (exact) mass is 519 g/mol. The molecule has 1 atom stereocenters. The van der Waals surface area contributed by atoms with Crippen molar-refractivity contribution in [1.82, 2.24) is 0 Å². The summed E-state index contributed by atoms with van der Waals surface area (Å²) < 4.78 is 37.2. The smallest absolute Gasteiger partial charge is 0.305 e. The number of fused-ring (bicyclic) bond motifs is 1. The zero-order valence-corrected chi connectivity index (χ0v) is 22.1. The number of ether oxygens (including phenoxy) is 2. The van der Waals surface area contributed by atoms with Gasteiger partial charge in [-0.1, -0.05) is 24.3 Å². The maximum absolute atomic E-state index is 13.4. The van der Waals surface area contributed by atoms with Gasteiger partial charge in [-0.15, -0.1) is 24.4 Å². The molecule has 0 amide bonds. The number of esters is 1. The Morgan fingerprint density at radius 3 is 2.57 bits per heavy atom. The van der Waals surface area contributed by atoms with Crippen LogP contribution in [0.5, 0.6) is 5.75 Å². The van der Waals surface area contributed by atoms with Gasteiger partial charge in [0.2, 0.25) is 0 Å². The van der Waals surface area contributed by atoms with Crippen molar-refractivity contribution in [1.29, 1.82) is 0 Å². The standard InChI is InChI=1S/C27H31F2NO3S2/c1-17(30-15-18-6-9-22(10-7-18)27(2,28)29)24(34)16-35-25-14-20-8-5-19(12-26(31)33-4)11-21(20)13-23(25)32-3/h6-7,9-10,13-15,19,34H,5,8,11-12,16H2,1-4H3/b24-17-,30-15?. The van der Waals surface area contributed by atoms with E-state index in [1.807, 2.05) is 6.92 Å². The summed E-state index contributed by atoms with van der Waals surface area (Å²) in [5, 5.41) is 0. The molecule has 188 valence electrons. The number of methoxy groups -OCH3 is 2. The van der Waals surface area contributed by atoms with Gasteiger partial charge in [0.1, 0.15) is 5.75 Å². The van der Waals surface area contributed by atoms with Crippen molar-refractivity contribution < 1.29 is 23.0 Å². The minimum Gasteiger partial charge on any atom is -0.496 e. The fourth-order valence-electron chi connectivity index (χ4n) is 3.96. The van der Waals surface area contributed by atoms with Crippen LogP contribution in [0.1, 0.15) is 48.9 Å². The topological polar surface area (TPSA) is 47.9 Å². The van der Waals surface area contributed by atoms with Crippen LogP contribution in [0, 0.1) is 5.92 Å². The normalized spacial score (nSPS) is 16.6. The number of hydrogen-bond acceptors (Lipinski definition) is 6. The molecule has 0 spiro atoms. The predicted octanol–water partition coefficient (Wildman–Crippen LogP) is 6.85. The van der Waals surface area contributed by atoms with Crippen LogP contribution < -0.4 is 4.74 Å². The van der Waals surface area contributed by atoms with E-state index in [2.05, 4.69) is 29.8 Å². The molecular formula is C27H31F2NO3S2. The second-order valence-corrected chi connectivity index (χ2v) is 10.3. The third kappa shape index (κ3) is 7.58. The second kappa shape index (κ2) is 12.1. The molecule has 0 heterocycles. The van der Waals surface area contributed by atoms with Crippen molar-refractivity contribution in [3.63, 3.8) is 0 Å². The van der Waals surface area contributed by atoms with E-state index in [4.69, 9.17) is 9.47 Å². The Morgan fingerprint density at radius 1 is 1.23 bits per heavy atom. The average molecular weight is 520 g/mol. The molecule has 1 aliphatic rings. The highest BCUT2D eigenvalue weighted by molar-refractivity contribution is 8.00. The molecule has 2 aromatic carbocycles.